The molecule has 0 atom stereocenters. The highest BCUT2D eigenvalue weighted by atomic mass is 32.2. The molecule has 5 aromatic rings. The molecule has 7 nitrogen and oxygen atoms in total. The first kappa shape index (κ1) is 24.2. The van der Waals surface area contributed by atoms with Crippen molar-refractivity contribution in [1.82, 2.24) is 19.3 Å². The Labute approximate surface area is 228 Å². The normalized spacial score (nSPS) is 15.7. The number of benzene rings is 3. The minimum absolute atomic E-state index is 0.00902. The summed E-state index contributed by atoms with van der Waals surface area (Å²) in [6.45, 7) is 2.23. The number of nitrogens with zero attached hydrogens (tertiary/aromatic N) is 4. The summed E-state index contributed by atoms with van der Waals surface area (Å²) in [6, 6.07) is 24.0. The quantitative estimate of drug-likeness (QED) is 0.259. The average Bonchev–Trinajstić information content (AvgIpc) is 3.87. The van der Waals surface area contributed by atoms with Gasteiger partial charge in [0.15, 0.2) is 0 Å². The van der Waals surface area contributed by atoms with Crippen molar-refractivity contribution in [3.63, 3.8) is 0 Å². The number of pyridine rings is 1. The lowest BCUT2D eigenvalue weighted by molar-refractivity contribution is 0.399. The van der Waals surface area contributed by atoms with Crippen molar-refractivity contribution in [3.05, 3.63) is 90.4 Å². The molecule has 2 aliphatic rings. The van der Waals surface area contributed by atoms with Crippen molar-refractivity contribution in [2.45, 2.75) is 56.1 Å². The third-order valence-corrected chi connectivity index (χ3v) is 9.39. The van der Waals surface area contributed by atoms with Gasteiger partial charge in [-0.15, -0.1) is 0 Å². The smallest absolute Gasteiger partial charge is 0.245 e. The number of aromatic nitrogens is 3. The zero-order chi connectivity index (χ0) is 26.6. The molecule has 0 saturated heterocycles. The molecular weight excluding hydrogens is 506 g/mol. The Morgan fingerprint density at radius 3 is 2.51 bits per heavy atom. The van der Waals surface area contributed by atoms with Gasteiger partial charge in [-0.2, -0.15) is 4.31 Å². The highest BCUT2D eigenvalue weighted by Gasteiger charge is 2.39. The van der Waals surface area contributed by atoms with E-state index in [4.69, 9.17) is 0 Å². The van der Waals surface area contributed by atoms with E-state index in [0.29, 0.717) is 18.1 Å². The van der Waals surface area contributed by atoms with E-state index in [1.54, 1.807) is 22.6 Å². The number of sulfonamides is 1. The zero-order valence-electron chi connectivity index (χ0n) is 21.7. The minimum atomic E-state index is -3.74. The summed E-state index contributed by atoms with van der Waals surface area (Å²) in [5, 5.41) is 5.37. The van der Waals surface area contributed by atoms with Gasteiger partial charge in [0.05, 0.1) is 11.0 Å². The fourth-order valence-electron chi connectivity index (χ4n) is 5.17. The van der Waals surface area contributed by atoms with E-state index >= 15 is 0 Å². The molecule has 39 heavy (non-hydrogen) atoms. The van der Waals surface area contributed by atoms with Crippen LogP contribution in [0.3, 0.4) is 0 Å². The van der Waals surface area contributed by atoms with Crippen LogP contribution in [0.15, 0.2) is 83.9 Å². The summed E-state index contributed by atoms with van der Waals surface area (Å²) in [6.07, 6.45) is 5.73. The van der Waals surface area contributed by atoms with Crippen LogP contribution < -0.4 is 5.32 Å². The first-order chi connectivity index (χ1) is 19.0. The van der Waals surface area contributed by atoms with Gasteiger partial charge in [0.2, 0.25) is 10.0 Å². The summed E-state index contributed by atoms with van der Waals surface area (Å²) >= 11 is 0. The van der Waals surface area contributed by atoms with Crippen LogP contribution in [-0.2, 0) is 16.6 Å². The van der Waals surface area contributed by atoms with Gasteiger partial charge in [-0.1, -0.05) is 42.5 Å². The van der Waals surface area contributed by atoms with E-state index in [2.05, 4.69) is 44.5 Å². The molecule has 8 heteroatoms. The zero-order valence-corrected chi connectivity index (χ0v) is 22.5. The van der Waals surface area contributed by atoms with Crippen LogP contribution in [0, 0.1) is 6.92 Å². The van der Waals surface area contributed by atoms with Gasteiger partial charge < -0.3 is 5.32 Å². The Morgan fingerprint density at radius 1 is 0.897 bits per heavy atom. The van der Waals surface area contributed by atoms with Crippen molar-refractivity contribution in [2.75, 3.05) is 5.32 Å². The number of rotatable bonds is 8. The molecule has 2 aromatic heterocycles. The summed E-state index contributed by atoms with van der Waals surface area (Å²) < 4.78 is 29.6. The number of fused-ring (bicyclic) bond motifs is 2. The lowest BCUT2D eigenvalue weighted by Gasteiger charge is -2.23. The second-order valence-electron chi connectivity index (χ2n) is 10.6. The standard InChI is InChI=1S/C31H29N5O2S/c1-20-33-28-15-10-24(18-27(28)31(34-20)35-25-11-12-25)23-7-2-5-21(17-23)19-36(26-13-14-26)39(37,38)29-9-3-6-22-8-4-16-32-30(22)29/h2-10,15-18,25-26H,11-14,19H2,1H3,(H,33,34,35). The third kappa shape index (κ3) is 4.75. The van der Waals surface area contributed by atoms with Gasteiger partial charge in [0.1, 0.15) is 16.5 Å². The molecule has 0 bridgehead atoms. The highest BCUT2D eigenvalue weighted by molar-refractivity contribution is 7.89. The van der Waals surface area contributed by atoms with Crippen molar-refractivity contribution in [1.29, 1.82) is 0 Å². The van der Waals surface area contributed by atoms with E-state index in [1.165, 1.54) is 12.8 Å². The fraction of sp³-hybridized carbons (Fsp3) is 0.258. The summed E-state index contributed by atoms with van der Waals surface area (Å²) in [5.41, 5.74) is 4.47. The van der Waals surface area contributed by atoms with Gasteiger partial charge >= 0.3 is 0 Å². The van der Waals surface area contributed by atoms with Gasteiger partial charge in [-0.3, -0.25) is 4.98 Å². The van der Waals surface area contributed by atoms with E-state index in [9.17, 15) is 8.42 Å². The van der Waals surface area contributed by atoms with Crippen molar-refractivity contribution in [3.8, 4) is 11.1 Å². The lowest BCUT2D eigenvalue weighted by Crippen LogP contribution is -2.33. The predicted molar refractivity (Wildman–Crippen MR) is 154 cm³/mol. The van der Waals surface area contributed by atoms with Crippen LogP contribution in [0.25, 0.3) is 32.9 Å². The maximum atomic E-state index is 14.0. The van der Waals surface area contributed by atoms with E-state index < -0.39 is 10.0 Å². The molecule has 2 saturated carbocycles. The minimum Gasteiger partial charge on any atom is -0.367 e. The van der Waals surface area contributed by atoms with Gasteiger partial charge in [0.25, 0.3) is 0 Å². The molecule has 2 heterocycles. The Bertz CT molecular complexity index is 1830. The van der Waals surface area contributed by atoms with Crippen LogP contribution in [0.1, 0.15) is 37.1 Å². The Hall–Kier alpha value is -3.88. The molecule has 0 unspecified atom stereocenters. The van der Waals surface area contributed by atoms with Crippen molar-refractivity contribution in [2.24, 2.45) is 0 Å². The monoisotopic (exact) mass is 535 g/mol. The fourth-order valence-corrected chi connectivity index (χ4v) is 7.01. The molecule has 7 rings (SSSR count). The van der Waals surface area contributed by atoms with Gasteiger partial charge in [-0.05, 0) is 79.6 Å². The van der Waals surface area contributed by atoms with Crippen molar-refractivity contribution < 1.29 is 8.42 Å². The first-order valence-electron chi connectivity index (χ1n) is 13.5. The number of nitrogens with one attached hydrogen (secondary N) is 1. The Balaban J connectivity index is 1.23. The van der Waals surface area contributed by atoms with Crippen LogP contribution in [0.5, 0.6) is 0 Å². The van der Waals surface area contributed by atoms with Crippen LogP contribution in [0.2, 0.25) is 0 Å². The predicted octanol–water partition coefficient (Wildman–Crippen LogP) is 6.08. The third-order valence-electron chi connectivity index (χ3n) is 7.46. The molecule has 1 N–H and O–H groups in total. The maximum absolute atomic E-state index is 14.0. The Morgan fingerprint density at radius 2 is 1.69 bits per heavy atom. The molecular formula is C31H29N5O2S. The van der Waals surface area contributed by atoms with Crippen molar-refractivity contribution >= 4 is 37.6 Å². The van der Waals surface area contributed by atoms with Gasteiger partial charge in [0, 0.05) is 35.6 Å². The molecule has 3 aromatic carbocycles. The van der Waals surface area contributed by atoms with Crippen LogP contribution in [-0.4, -0.2) is 39.8 Å². The molecule has 2 aliphatic carbocycles. The average molecular weight is 536 g/mol. The number of aryl methyl sites for hydroxylation is 1. The second-order valence-corrected chi connectivity index (χ2v) is 12.4. The summed E-state index contributed by atoms with van der Waals surface area (Å²) in [4.78, 5) is 14.0. The second kappa shape index (κ2) is 9.39. The van der Waals surface area contributed by atoms with Crippen LogP contribution in [0.4, 0.5) is 5.82 Å². The molecule has 0 spiro atoms. The van der Waals surface area contributed by atoms with Crippen LogP contribution >= 0.6 is 0 Å². The molecule has 0 radical (unpaired) electrons. The van der Waals surface area contributed by atoms with Gasteiger partial charge in [-0.25, -0.2) is 18.4 Å². The molecule has 0 aliphatic heterocycles. The summed E-state index contributed by atoms with van der Waals surface area (Å²) in [7, 11) is -3.74. The van der Waals surface area contributed by atoms with E-state index in [0.717, 1.165) is 57.5 Å². The largest absolute Gasteiger partial charge is 0.367 e. The lowest BCUT2D eigenvalue weighted by atomic mass is 10.0. The molecule has 2 fully saturated rings. The molecule has 196 valence electrons. The first-order valence-corrected chi connectivity index (χ1v) is 14.9. The summed E-state index contributed by atoms with van der Waals surface area (Å²) in [5.74, 6) is 1.64. The number of anilines is 1. The number of hydrogen-bond acceptors (Lipinski definition) is 6. The number of para-hydroxylation sites is 1. The Kier molecular flexibility index (Phi) is 5.82. The SMILES string of the molecule is Cc1nc(NC2CC2)c2cc(-c3cccc(CN(C4CC4)S(=O)(=O)c4cccc5cccnc45)c3)ccc2n1. The maximum Gasteiger partial charge on any atom is 0.245 e. The van der Waals surface area contributed by atoms with E-state index in [-0.39, 0.29) is 10.9 Å². The molecule has 0 amide bonds. The number of hydrogen-bond donors (Lipinski definition) is 1. The highest BCUT2D eigenvalue weighted by Crippen LogP contribution is 2.36. The topological polar surface area (TPSA) is 88.1 Å². The van der Waals surface area contributed by atoms with E-state index in [1.807, 2.05) is 43.3 Å².